The molecule has 1 radical (unpaired) electrons. The van der Waals surface area contributed by atoms with Crippen molar-refractivity contribution in [3.05, 3.63) is 48.3 Å². The van der Waals surface area contributed by atoms with Crippen LogP contribution in [-0.4, -0.2) is 36.1 Å². The number of allylic oxidation sites excluding steroid dienone is 3. The van der Waals surface area contributed by atoms with E-state index in [0.717, 1.165) is 19.3 Å². The van der Waals surface area contributed by atoms with E-state index >= 15 is 0 Å². The molecule has 0 saturated heterocycles. The van der Waals surface area contributed by atoms with Gasteiger partial charge in [0.15, 0.2) is 0 Å². The number of rotatable bonds is 8. The molecule has 0 aromatic carbocycles. The summed E-state index contributed by atoms with van der Waals surface area (Å²) in [5.41, 5.74) is 0.666. The Morgan fingerprint density at radius 2 is 2.24 bits per heavy atom. The molecule has 2 rings (SSSR count). The van der Waals surface area contributed by atoms with Crippen molar-refractivity contribution in [2.24, 2.45) is 0 Å². The number of hydrogen-bond donors (Lipinski definition) is 1. The molecule has 0 unspecified atom stereocenters. The SMILES string of the molecule is CCCCN(CCC1=CC[CH]C=C1F)C(=O)Nc1ccc(OC)cn1. The van der Waals surface area contributed by atoms with Gasteiger partial charge in [0, 0.05) is 13.1 Å². The summed E-state index contributed by atoms with van der Waals surface area (Å²) in [6.07, 6.45) is 9.82. The summed E-state index contributed by atoms with van der Waals surface area (Å²) < 4.78 is 18.8. The molecule has 0 spiro atoms. The van der Waals surface area contributed by atoms with Gasteiger partial charge < -0.3 is 9.64 Å². The van der Waals surface area contributed by atoms with E-state index in [-0.39, 0.29) is 11.9 Å². The zero-order valence-electron chi connectivity index (χ0n) is 14.8. The predicted molar refractivity (Wildman–Crippen MR) is 97.1 cm³/mol. The molecular weight excluding hydrogens is 321 g/mol. The Kier molecular flexibility index (Phi) is 7.44. The summed E-state index contributed by atoms with van der Waals surface area (Å²) >= 11 is 0. The lowest BCUT2D eigenvalue weighted by Crippen LogP contribution is -2.37. The number of carbonyl (C=O) groups is 1. The number of pyridine rings is 1. The molecule has 0 atom stereocenters. The number of unbranched alkanes of at least 4 members (excludes halogenated alkanes) is 1. The van der Waals surface area contributed by atoms with E-state index in [1.165, 1.54) is 6.08 Å². The zero-order valence-corrected chi connectivity index (χ0v) is 14.8. The highest BCUT2D eigenvalue weighted by Crippen LogP contribution is 2.22. The number of nitrogens with zero attached hydrogens (tertiary/aromatic N) is 2. The van der Waals surface area contributed by atoms with Crippen molar-refractivity contribution < 1.29 is 13.9 Å². The smallest absolute Gasteiger partial charge is 0.323 e. The summed E-state index contributed by atoms with van der Waals surface area (Å²) in [7, 11) is 1.56. The minimum atomic E-state index is -0.224. The van der Waals surface area contributed by atoms with Gasteiger partial charge in [0.2, 0.25) is 0 Å². The third kappa shape index (κ3) is 5.89. The van der Waals surface area contributed by atoms with Crippen LogP contribution in [0.1, 0.15) is 32.6 Å². The van der Waals surface area contributed by atoms with Crippen LogP contribution in [0, 0.1) is 6.42 Å². The average molecular weight is 346 g/mol. The second-order valence-electron chi connectivity index (χ2n) is 5.82. The number of hydrogen-bond acceptors (Lipinski definition) is 3. The first-order chi connectivity index (χ1) is 12.1. The lowest BCUT2D eigenvalue weighted by Gasteiger charge is -2.23. The third-order valence-electron chi connectivity index (χ3n) is 4.00. The highest BCUT2D eigenvalue weighted by molar-refractivity contribution is 5.88. The summed E-state index contributed by atoms with van der Waals surface area (Å²) in [5, 5.41) is 2.79. The zero-order chi connectivity index (χ0) is 18.1. The van der Waals surface area contributed by atoms with Gasteiger partial charge in [-0.15, -0.1) is 0 Å². The maximum atomic E-state index is 13.8. The predicted octanol–water partition coefficient (Wildman–Crippen LogP) is 4.50. The Morgan fingerprint density at radius 3 is 2.88 bits per heavy atom. The van der Waals surface area contributed by atoms with Crippen molar-refractivity contribution in [3.8, 4) is 5.75 Å². The van der Waals surface area contributed by atoms with E-state index < -0.39 is 0 Å². The number of aromatic nitrogens is 1. The quantitative estimate of drug-likeness (QED) is 0.754. The van der Waals surface area contributed by atoms with Gasteiger partial charge in [0.05, 0.1) is 13.3 Å². The first-order valence-corrected chi connectivity index (χ1v) is 8.58. The summed E-state index contributed by atoms with van der Waals surface area (Å²) in [4.78, 5) is 18.4. The lowest BCUT2D eigenvalue weighted by molar-refractivity contribution is 0.211. The molecule has 0 aliphatic heterocycles. The number of ether oxygens (including phenoxy) is 1. The fraction of sp³-hybridized carbons (Fsp3) is 0.421. The molecule has 135 valence electrons. The second kappa shape index (κ2) is 9.81. The molecular formula is C19H25FN3O2. The number of amides is 2. The number of halogens is 1. The molecule has 0 fully saturated rings. The van der Waals surface area contributed by atoms with Gasteiger partial charge in [-0.3, -0.25) is 5.32 Å². The maximum Gasteiger partial charge on any atom is 0.323 e. The van der Waals surface area contributed by atoms with Crippen molar-refractivity contribution in [3.63, 3.8) is 0 Å². The number of anilines is 1. The summed E-state index contributed by atoms with van der Waals surface area (Å²) in [6, 6.07) is 3.21. The van der Waals surface area contributed by atoms with Gasteiger partial charge in [-0.05, 0) is 49.5 Å². The van der Waals surface area contributed by atoms with Crippen molar-refractivity contribution in [1.29, 1.82) is 0 Å². The highest BCUT2D eigenvalue weighted by atomic mass is 19.1. The van der Waals surface area contributed by atoms with Crippen LogP contribution in [0.4, 0.5) is 15.0 Å². The number of nitrogens with one attached hydrogen (secondary N) is 1. The van der Waals surface area contributed by atoms with E-state index in [2.05, 4.69) is 17.2 Å². The van der Waals surface area contributed by atoms with E-state index in [9.17, 15) is 9.18 Å². The monoisotopic (exact) mass is 346 g/mol. The molecule has 1 aliphatic carbocycles. The van der Waals surface area contributed by atoms with Crippen molar-refractivity contribution in [2.75, 3.05) is 25.5 Å². The van der Waals surface area contributed by atoms with Crippen LogP contribution in [0.25, 0.3) is 0 Å². The van der Waals surface area contributed by atoms with Crippen LogP contribution in [0.5, 0.6) is 5.75 Å². The van der Waals surface area contributed by atoms with Crippen LogP contribution < -0.4 is 10.1 Å². The van der Waals surface area contributed by atoms with E-state index in [4.69, 9.17) is 4.74 Å². The normalized spacial score (nSPS) is 13.7. The van der Waals surface area contributed by atoms with Gasteiger partial charge in [-0.2, -0.15) is 0 Å². The van der Waals surface area contributed by atoms with Gasteiger partial charge >= 0.3 is 6.03 Å². The van der Waals surface area contributed by atoms with Crippen LogP contribution in [0.2, 0.25) is 0 Å². The van der Waals surface area contributed by atoms with E-state index in [1.54, 1.807) is 36.8 Å². The standard InChI is InChI=1S/C19H25FN3O2/c1-3-4-12-23(13-11-15-7-5-6-8-17(15)20)19(24)22-18-10-9-16(25-2)14-21-18/h6-10,14H,3-5,11-13H2,1-2H3,(H,21,22,24). The Bertz CT molecular complexity index is 626. The number of carbonyl (C=O) groups excluding carboxylic acids is 1. The van der Waals surface area contributed by atoms with Crippen molar-refractivity contribution >= 4 is 11.8 Å². The molecule has 6 heteroatoms. The summed E-state index contributed by atoms with van der Waals surface area (Å²) in [6.45, 7) is 3.17. The molecule has 2 amide bonds. The number of urea groups is 1. The first-order valence-electron chi connectivity index (χ1n) is 8.58. The second-order valence-corrected chi connectivity index (χ2v) is 5.82. The molecule has 1 aromatic heterocycles. The number of methoxy groups -OCH3 is 1. The molecule has 0 bridgehead atoms. The molecule has 1 N–H and O–H groups in total. The lowest BCUT2D eigenvalue weighted by atomic mass is 10.0. The first kappa shape index (κ1) is 19.0. The van der Waals surface area contributed by atoms with Gasteiger partial charge in [-0.25, -0.2) is 14.2 Å². The molecule has 1 aromatic rings. The van der Waals surface area contributed by atoms with Crippen LogP contribution in [0.3, 0.4) is 0 Å². The Hall–Kier alpha value is -2.37. The molecule has 25 heavy (non-hydrogen) atoms. The van der Waals surface area contributed by atoms with Crippen LogP contribution in [0.15, 0.2) is 41.9 Å². The third-order valence-corrected chi connectivity index (χ3v) is 4.00. The Labute approximate surface area is 148 Å². The van der Waals surface area contributed by atoms with Crippen LogP contribution in [-0.2, 0) is 0 Å². The maximum absolute atomic E-state index is 13.8. The van der Waals surface area contributed by atoms with Crippen molar-refractivity contribution in [1.82, 2.24) is 9.88 Å². The van der Waals surface area contributed by atoms with Crippen molar-refractivity contribution in [2.45, 2.75) is 32.6 Å². The summed E-state index contributed by atoms with van der Waals surface area (Å²) in [5.74, 6) is 0.882. The highest BCUT2D eigenvalue weighted by Gasteiger charge is 2.16. The van der Waals surface area contributed by atoms with Gasteiger partial charge in [-0.1, -0.05) is 19.4 Å². The fourth-order valence-electron chi connectivity index (χ4n) is 2.49. The molecule has 1 heterocycles. The van der Waals surface area contributed by atoms with E-state index in [0.29, 0.717) is 36.7 Å². The minimum Gasteiger partial charge on any atom is -0.495 e. The molecule has 5 nitrogen and oxygen atoms in total. The topological polar surface area (TPSA) is 54.5 Å². The van der Waals surface area contributed by atoms with Crippen LogP contribution >= 0.6 is 0 Å². The van der Waals surface area contributed by atoms with Gasteiger partial charge in [0.1, 0.15) is 17.4 Å². The Morgan fingerprint density at radius 1 is 1.40 bits per heavy atom. The molecule has 0 saturated carbocycles. The van der Waals surface area contributed by atoms with E-state index in [1.807, 2.05) is 6.08 Å². The minimum absolute atomic E-state index is 0.209. The molecule has 1 aliphatic rings. The Balaban J connectivity index is 1.95. The fourth-order valence-corrected chi connectivity index (χ4v) is 2.49. The largest absolute Gasteiger partial charge is 0.495 e. The van der Waals surface area contributed by atoms with Gasteiger partial charge in [0.25, 0.3) is 0 Å². The average Bonchev–Trinajstić information content (AvgIpc) is 2.63.